The number of benzene rings is 2. The number of hydrogen-bond acceptors (Lipinski definition) is 5. The Labute approximate surface area is 163 Å². The van der Waals surface area contributed by atoms with Crippen LogP contribution in [0.25, 0.3) is 11.1 Å². The summed E-state index contributed by atoms with van der Waals surface area (Å²) in [5.41, 5.74) is 4.21. The van der Waals surface area contributed by atoms with Crippen molar-refractivity contribution in [2.75, 3.05) is 23.9 Å². The van der Waals surface area contributed by atoms with Gasteiger partial charge in [-0.15, -0.1) is 0 Å². The first-order valence-electron chi connectivity index (χ1n) is 9.14. The molecule has 0 aliphatic carbocycles. The van der Waals surface area contributed by atoms with Crippen molar-refractivity contribution >= 4 is 17.3 Å². The van der Waals surface area contributed by atoms with Gasteiger partial charge in [-0.3, -0.25) is 9.89 Å². The van der Waals surface area contributed by atoms with Gasteiger partial charge in [0.1, 0.15) is 11.8 Å². The average molecular weight is 378 g/mol. The summed E-state index contributed by atoms with van der Waals surface area (Å²) in [5, 5.41) is 19.8. The highest BCUT2D eigenvalue weighted by atomic mass is 16.5. The number of aromatic amines is 1. The molecule has 144 valence electrons. The fourth-order valence-electron chi connectivity index (χ4n) is 3.54. The van der Waals surface area contributed by atoms with Crippen LogP contribution in [0.15, 0.2) is 54.9 Å². The molecule has 1 fully saturated rings. The Kier molecular flexibility index (Phi) is 4.99. The van der Waals surface area contributed by atoms with Crippen molar-refractivity contribution in [3.8, 4) is 16.9 Å². The number of anilines is 2. The predicted molar refractivity (Wildman–Crippen MR) is 107 cm³/mol. The van der Waals surface area contributed by atoms with Crippen LogP contribution in [0.5, 0.6) is 5.75 Å². The molecule has 0 radical (unpaired) electrons. The molecule has 0 bridgehead atoms. The largest absolute Gasteiger partial charge is 0.497 e. The Balaban J connectivity index is 1.53. The van der Waals surface area contributed by atoms with Crippen molar-refractivity contribution in [3.63, 3.8) is 0 Å². The fourth-order valence-corrected chi connectivity index (χ4v) is 3.54. The lowest BCUT2D eigenvalue weighted by Crippen LogP contribution is -2.33. The molecule has 7 heteroatoms. The highest BCUT2D eigenvalue weighted by Crippen LogP contribution is 2.30. The number of hydrogen-bond donors (Lipinski definition) is 3. The van der Waals surface area contributed by atoms with E-state index in [4.69, 9.17) is 4.74 Å². The summed E-state index contributed by atoms with van der Waals surface area (Å²) in [6, 6.07) is 13.0. The van der Waals surface area contributed by atoms with Gasteiger partial charge in [0.05, 0.1) is 19.9 Å². The summed E-state index contributed by atoms with van der Waals surface area (Å²) < 4.78 is 5.24. The minimum Gasteiger partial charge on any atom is -0.497 e. The van der Waals surface area contributed by atoms with E-state index in [1.54, 1.807) is 24.4 Å². The lowest BCUT2D eigenvalue weighted by molar-refractivity contribution is -0.117. The Morgan fingerprint density at radius 3 is 2.96 bits per heavy atom. The van der Waals surface area contributed by atoms with Crippen LogP contribution in [0.4, 0.5) is 11.4 Å². The third kappa shape index (κ3) is 3.44. The number of carbonyl (C=O) groups is 1. The average Bonchev–Trinajstić information content (AvgIpc) is 3.38. The number of methoxy groups -OCH3 is 1. The molecular formula is C21H22N4O3. The van der Waals surface area contributed by atoms with Crippen LogP contribution < -0.4 is 15.0 Å². The van der Waals surface area contributed by atoms with E-state index in [-0.39, 0.29) is 18.6 Å². The number of aliphatic hydroxyl groups excluding tert-OH is 1. The van der Waals surface area contributed by atoms with Crippen LogP contribution in [0.1, 0.15) is 12.0 Å². The maximum Gasteiger partial charge on any atom is 0.249 e. The van der Waals surface area contributed by atoms with E-state index in [1.807, 2.05) is 42.5 Å². The molecule has 1 saturated heterocycles. The van der Waals surface area contributed by atoms with Crippen molar-refractivity contribution in [2.45, 2.75) is 19.1 Å². The molecule has 0 saturated carbocycles. The summed E-state index contributed by atoms with van der Waals surface area (Å²) in [6.45, 7) is 0.512. The number of nitrogens with zero attached hydrogens (tertiary/aromatic N) is 2. The van der Waals surface area contributed by atoms with Gasteiger partial charge in [0.15, 0.2) is 0 Å². The second-order valence-electron chi connectivity index (χ2n) is 6.69. The molecule has 7 nitrogen and oxygen atoms in total. The number of rotatable bonds is 6. The molecule has 1 aliphatic heterocycles. The lowest BCUT2D eigenvalue weighted by Gasteiger charge is -2.19. The van der Waals surface area contributed by atoms with Gasteiger partial charge in [0.25, 0.3) is 0 Å². The number of H-pyrrole nitrogens is 1. The van der Waals surface area contributed by atoms with E-state index in [1.165, 1.54) is 0 Å². The number of nitrogens with one attached hydrogen (secondary N) is 2. The molecule has 3 aromatic rings. The lowest BCUT2D eigenvalue weighted by atomic mass is 10.0. The van der Waals surface area contributed by atoms with Crippen molar-refractivity contribution in [3.05, 3.63) is 60.4 Å². The van der Waals surface area contributed by atoms with E-state index >= 15 is 0 Å². The van der Waals surface area contributed by atoms with Gasteiger partial charge in [0, 0.05) is 35.7 Å². The molecule has 2 heterocycles. The fraction of sp³-hybridized carbons (Fsp3) is 0.238. The number of ether oxygens (including phenoxy) is 1. The molecule has 1 aromatic heterocycles. The third-order valence-electron chi connectivity index (χ3n) is 5.00. The summed E-state index contributed by atoms with van der Waals surface area (Å²) in [6.07, 6.45) is 4.19. The van der Waals surface area contributed by atoms with E-state index in [0.717, 1.165) is 33.8 Å². The minimum atomic E-state index is -0.293. The Hall–Kier alpha value is -3.32. The van der Waals surface area contributed by atoms with E-state index in [0.29, 0.717) is 13.0 Å². The van der Waals surface area contributed by atoms with E-state index < -0.39 is 0 Å². The van der Waals surface area contributed by atoms with Crippen LogP contribution in [-0.2, 0) is 11.4 Å². The Bertz CT molecular complexity index is 972. The Morgan fingerprint density at radius 1 is 1.32 bits per heavy atom. The molecule has 2 aromatic carbocycles. The summed E-state index contributed by atoms with van der Waals surface area (Å²) >= 11 is 0. The minimum absolute atomic E-state index is 0.0165. The van der Waals surface area contributed by atoms with Gasteiger partial charge in [0.2, 0.25) is 5.91 Å². The molecule has 1 aliphatic rings. The van der Waals surface area contributed by atoms with E-state index in [2.05, 4.69) is 15.5 Å². The summed E-state index contributed by atoms with van der Waals surface area (Å²) in [4.78, 5) is 14.7. The third-order valence-corrected chi connectivity index (χ3v) is 5.00. The SMILES string of the molecule is COc1cccc(NC2CCN(c3ccc(-c4cn[nH]c4)c(CO)c3)C2=O)c1. The molecule has 0 spiro atoms. The van der Waals surface area contributed by atoms with E-state index in [9.17, 15) is 9.90 Å². The van der Waals surface area contributed by atoms with Gasteiger partial charge in [-0.2, -0.15) is 5.10 Å². The summed E-state index contributed by atoms with van der Waals surface area (Å²) in [5.74, 6) is 0.762. The highest BCUT2D eigenvalue weighted by molar-refractivity contribution is 6.01. The molecule has 1 unspecified atom stereocenters. The van der Waals surface area contributed by atoms with Gasteiger partial charge in [-0.05, 0) is 41.8 Å². The standard InChI is InChI=1S/C21H22N4O3/c1-28-18-4-2-3-16(10-18)24-20-7-8-25(21(20)27)17-5-6-19(14(9-17)13-26)15-11-22-23-12-15/h2-6,9-12,20,24,26H,7-8,13H2,1H3,(H,22,23). The molecular weight excluding hydrogens is 356 g/mol. The van der Waals surface area contributed by atoms with Crippen molar-refractivity contribution < 1.29 is 14.6 Å². The van der Waals surface area contributed by atoms with Gasteiger partial charge < -0.3 is 20.1 Å². The topological polar surface area (TPSA) is 90.5 Å². The predicted octanol–water partition coefficient (Wildman–Crippen LogP) is 2.79. The zero-order valence-corrected chi connectivity index (χ0v) is 15.6. The molecule has 28 heavy (non-hydrogen) atoms. The monoisotopic (exact) mass is 378 g/mol. The van der Waals surface area contributed by atoms with Crippen LogP contribution in [0, 0.1) is 0 Å². The second-order valence-corrected chi connectivity index (χ2v) is 6.69. The second kappa shape index (κ2) is 7.74. The molecule has 4 rings (SSSR count). The molecule has 1 amide bonds. The van der Waals surface area contributed by atoms with Crippen molar-refractivity contribution in [2.24, 2.45) is 0 Å². The first-order chi connectivity index (χ1) is 13.7. The zero-order valence-electron chi connectivity index (χ0n) is 15.6. The first-order valence-corrected chi connectivity index (χ1v) is 9.14. The van der Waals surface area contributed by atoms with Crippen LogP contribution in [0.2, 0.25) is 0 Å². The smallest absolute Gasteiger partial charge is 0.249 e. The van der Waals surface area contributed by atoms with Gasteiger partial charge in [-0.1, -0.05) is 12.1 Å². The van der Waals surface area contributed by atoms with Crippen LogP contribution in [-0.4, -0.2) is 40.9 Å². The summed E-state index contributed by atoms with van der Waals surface area (Å²) in [7, 11) is 1.62. The maximum atomic E-state index is 12.9. The van der Waals surface area contributed by atoms with Crippen LogP contribution in [0.3, 0.4) is 0 Å². The first kappa shape index (κ1) is 18.1. The van der Waals surface area contributed by atoms with Crippen molar-refractivity contribution in [1.82, 2.24) is 10.2 Å². The maximum absolute atomic E-state index is 12.9. The quantitative estimate of drug-likeness (QED) is 0.614. The number of aliphatic hydroxyl groups is 1. The zero-order chi connectivity index (χ0) is 19.5. The van der Waals surface area contributed by atoms with Crippen LogP contribution >= 0.6 is 0 Å². The van der Waals surface area contributed by atoms with Gasteiger partial charge >= 0.3 is 0 Å². The van der Waals surface area contributed by atoms with Crippen molar-refractivity contribution in [1.29, 1.82) is 0 Å². The van der Waals surface area contributed by atoms with Gasteiger partial charge in [-0.25, -0.2) is 0 Å². The molecule has 1 atom stereocenters. The number of carbonyl (C=O) groups excluding carboxylic acids is 1. The molecule has 3 N–H and O–H groups in total. The highest BCUT2D eigenvalue weighted by Gasteiger charge is 2.32. The Morgan fingerprint density at radius 2 is 2.21 bits per heavy atom. The number of aromatic nitrogens is 2. The number of amides is 1. The normalized spacial score (nSPS) is 16.4.